The largest absolute Gasteiger partial charge is 0.472 e. The van der Waals surface area contributed by atoms with Crippen molar-refractivity contribution in [3.63, 3.8) is 0 Å². The second-order valence-corrected chi connectivity index (χ2v) is 21.2. The van der Waals surface area contributed by atoms with E-state index < -0.39 is 20.0 Å². The van der Waals surface area contributed by atoms with Crippen molar-refractivity contribution >= 4 is 19.7 Å². The Hall–Kier alpha value is -1.25. The van der Waals surface area contributed by atoms with Gasteiger partial charge in [-0.05, 0) is 31.8 Å². The van der Waals surface area contributed by atoms with Crippen molar-refractivity contribution in [3.8, 4) is 0 Å². The number of carbonyl (C=O) groups is 2. The van der Waals surface area contributed by atoms with Crippen molar-refractivity contribution in [2.24, 2.45) is 0 Å². The summed E-state index contributed by atoms with van der Waals surface area (Å²) < 4.78 is 30.5. The van der Waals surface area contributed by atoms with Crippen LogP contribution in [-0.2, 0) is 27.9 Å². The van der Waals surface area contributed by atoms with E-state index in [1.165, 1.54) is 173 Å². The van der Waals surface area contributed by atoms with Crippen molar-refractivity contribution in [1.29, 1.82) is 0 Å². The Kier molecular flexibility index (Phi) is 43.7. The number of allylic oxidation sites excluding steroid dienone is 1. The lowest BCUT2D eigenvalue weighted by Crippen LogP contribution is -2.47. The molecule has 63 heavy (non-hydrogen) atoms. The van der Waals surface area contributed by atoms with E-state index >= 15 is 0 Å². The number of nitrogens with zero attached hydrogens (tertiary/aromatic N) is 1. The van der Waals surface area contributed by atoms with Crippen LogP contribution in [0.3, 0.4) is 0 Å². The predicted octanol–water partition coefficient (Wildman–Crippen LogP) is 15.7. The molecule has 0 aromatic heterocycles. The number of carbonyl (C=O) groups excluding carboxylic acids is 2. The van der Waals surface area contributed by atoms with Gasteiger partial charge in [0.15, 0.2) is 0 Å². The number of unbranched alkanes of at least 4 members (excludes halogenated alkanes) is 33. The van der Waals surface area contributed by atoms with Gasteiger partial charge in [-0.3, -0.25) is 18.6 Å². The summed E-state index contributed by atoms with van der Waals surface area (Å²) in [5.74, 6) is -0.493. The predicted molar refractivity (Wildman–Crippen MR) is 268 cm³/mol. The van der Waals surface area contributed by atoms with Crippen molar-refractivity contribution in [2.75, 3.05) is 40.9 Å². The number of quaternary nitrogens is 1. The third-order valence-electron chi connectivity index (χ3n) is 12.2. The molecule has 0 aliphatic carbocycles. The van der Waals surface area contributed by atoms with Gasteiger partial charge in [0.25, 0.3) is 0 Å². The Labute approximate surface area is 391 Å². The first-order valence-corrected chi connectivity index (χ1v) is 28.5. The van der Waals surface area contributed by atoms with Crippen LogP contribution in [0.25, 0.3) is 0 Å². The average molecular weight is 914 g/mol. The van der Waals surface area contributed by atoms with Crippen LogP contribution in [0.15, 0.2) is 12.2 Å². The van der Waals surface area contributed by atoms with Crippen LogP contribution in [0.5, 0.6) is 0 Å². The second kappa shape index (κ2) is 44.6. The van der Waals surface area contributed by atoms with Gasteiger partial charge in [-0.25, -0.2) is 4.57 Å². The normalized spacial score (nSPS) is 14.0. The van der Waals surface area contributed by atoms with E-state index in [0.717, 1.165) is 57.8 Å². The highest BCUT2D eigenvalue weighted by Crippen LogP contribution is 2.43. The first-order valence-electron chi connectivity index (χ1n) is 27.0. The number of esters is 1. The molecule has 0 aliphatic heterocycles. The maximum atomic E-state index is 13.4. The minimum atomic E-state index is -4.43. The molecule has 3 unspecified atom stereocenters. The minimum absolute atomic E-state index is 0.0452. The van der Waals surface area contributed by atoms with Gasteiger partial charge in [0.2, 0.25) is 5.91 Å². The lowest BCUT2D eigenvalue weighted by molar-refractivity contribution is -0.870. The molecule has 374 valence electrons. The fourth-order valence-electron chi connectivity index (χ4n) is 8.00. The molecule has 0 spiro atoms. The number of ether oxygens (including phenoxy) is 1. The highest BCUT2D eigenvalue weighted by Gasteiger charge is 2.30. The lowest BCUT2D eigenvalue weighted by atomic mass is 10.0. The van der Waals surface area contributed by atoms with E-state index in [-0.39, 0.29) is 25.1 Å². The van der Waals surface area contributed by atoms with Gasteiger partial charge in [0, 0.05) is 12.8 Å². The van der Waals surface area contributed by atoms with Crippen LogP contribution >= 0.6 is 7.82 Å². The minimum Gasteiger partial charge on any atom is -0.456 e. The molecule has 0 bridgehead atoms. The quantitative estimate of drug-likeness (QED) is 0.0206. The molecule has 10 heteroatoms. The third-order valence-corrected chi connectivity index (χ3v) is 13.2. The fourth-order valence-corrected chi connectivity index (χ4v) is 8.74. The Morgan fingerprint density at radius 1 is 0.540 bits per heavy atom. The standard InChI is InChI=1S/C53H105N2O7P/c1-7-10-13-16-19-22-25-27-28-31-33-36-39-42-45-52(56)54-50(49-61-63(58,59)60-48-47-55(4,5)6)51(44-41-38-35-32-30-26-23-20-17-14-11-8-2)62-53(57)46-43-40-37-34-29-24-21-18-15-12-9-3/h41,44,50-51H,7-40,42-43,45-49H2,1-6H3,(H-,54,56,58,59)/p+1/b44-41+. The molecule has 0 aromatic carbocycles. The molecule has 0 radical (unpaired) electrons. The van der Waals surface area contributed by atoms with Crippen molar-refractivity contribution in [2.45, 2.75) is 277 Å². The molecule has 2 N–H and O–H groups in total. The van der Waals surface area contributed by atoms with Crippen LogP contribution in [0.2, 0.25) is 0 Å². The molecular formula is C53H106N2O7P+. The molecule has 9 nitrogen and oxygen atoms in total. The van der Waals surface area contributed by atoms with Crippen molar-refractivity contribution in [3.05, 3.63) is 12.2 Å². The van der Waals surface area contributed by atoms with Crippen LogP contribution in [-0.4, -0.2) is 74.3 Å². The molecule has 0 saturated heterocycles. The molecule has 3 atom stereocenters. The number of hydrogen-bond acceptors (Lipinski definition) is 6. The molecule has 0 rings (SSSR count). The van der Waals surface area contributed by atoms with Gasteiger partial charge in [-0.2, -0.15) is 0 Å². The summed E-state index contributed by atoms with van der Waals surface area (Å²) in [7, 11) is 1.51. The first kappa shape index (κ1) is 61.8. The molecule has 0 heterocycles. The maximum Gasteiger partial charge on any atom is 0.472 e. The topological polar surface area (TPSA) is 111 Å². The summed E-state index contributed by atoms with van der Waals surface area (Å²) in [6.07, 6.45) is 47.6. The van der Waals surface area contributed by atoms with Crippen LogP contribution < -0.4 is 5.32 Å². The molecule has 0 saturated carbocycles. The number of hydrogen-bond donors (Lipinski definition) is 2. The van der Waals surface area contributed by atoms with Crippen LogP contribution in [0, 0.1) is 0 Å². The van der Waals surface area contributed by atoms with Gasteiger partial charge < -0.3 is 19.4 Å². The highest BCUT2D eigenvalue weighted by molar-refractivity contribution is 7.47. The monoisotopic (exact) mass is 914 g/mol. The number of nitrogens with one attached hydrogen (secondary N) is 1. The first-order chi connectivity index (χ1) is 30.4. The fraction of sp³-hybridized carbons (Fsp3) is 0.925. The van der Waals surface area contributed by atoms with Crippen LogP contribution in [0.4, 0.5) is 0 Å². The zero-order valence-electron chi connectivity index (χ0n) is 42.6. The van der Waals surface area contributed by atoms with Crippen molar-refractivity contribution < 1.29 is 37.3 Å². The second-order valence-electron chi connectivity index (χ2n) is 19.8. The van der Waals surface area contributed by atoms with E-state index in [1.807, 2.05) is 33.3 Å². The highest BCUT2D eigenvalue weighted by atomic mass is 31.2. The van der Waals surface area contributed by atoms with E-state index in [4.69, 9.17) is 13.8 Å². The number of phosphoric acid groups is 1. The third kappa shape index (κ3) is 45.7. The van der Waals surface area contributed by atoms with Crippen LogP contribution in [0.1, 0.15) is 265 Å². The summed E-state index contributed by atoms with van der Waals surface area (Å²) in [6.45, 7) is 7.02. The van der Waals surface area contributed by atoms with Crippen molar-refractivity contribution in [1.82, 2.24) is 5.32 Å². The maximum absolute atomic E-state index is 13.4. The summed E-state index contributed by atoms with van der Waals surface area (Å²) in [5, 5.41) is 3.04. The Balaban J connectivity index is 5.37. The number of amides is 1. The van der Waals surface area contributed by atoms with Gasteiger partial charge in [-0.15, -0.1) is 0 Å². The SMILES string of the molecule is CCCCCCCCCCCC/C=C/C(OC(=O)CCCCCCCCCCCCC)C(COP(=O)(O)OCC[N+](C)(C)C)NC(=O)CCCCCCCCCCCCCCCC. The average Bonchev–Trinajstić information content (AvgIpc) is 3.23. The molecular weight excluding hydrogens is 808 g/mol. The molecule has 0 aliphatic rings. The van der Waals surface area contributed by atoms with E-state index in [0.29, 0.717) is 23.9 Å². The van der Waals surface area contributed by atoms with Gasteiger partial charge in [0.1, 0.15) is 19.3 Å². The Morgan fingerprint density at radius 3 is 1.30 bits per heavy atom. The zero-order valence-corrected chi connectivity index (χ0v) is 43.5. The molecule has 0 aromatic rings. The van der Waals surface area contributed by atoms with Gasteiger partial charge in [0.05, 0.1) is 33.8 Å². The number of rotatable bonds is 49. The Bertz CT molecular complexity index is 1100. The summed E-state index contributed by atoms with van der Waals surface area (Å²) >= 11 is 0. The number of phosphoric ester groups is 1. The Morgan fingerprint density at radius 2 is 0.905 bits per heavy atom. The lowest BCUT2D eigenvalue weighted by Gasteiger charge is -2.27. The molecule has 1 amide bonds. The van der Waals surface area contributed by atoms with E-state index in [1.54, 1.807) is 0 Å². The van der Waals surface area contributed by atoms with Gasteiger partial charge >= 0.3 is 13.8 Å². The van der Waals surface area contributed by atoms with E-state index in [2.05, 4.69) is 26.1 Å². The molecule has 0 fully saturated rings. The smallest absolute Gasteiger partial charge is 0.456 e. The zero-order chi connectivity index (χ0) is 46.5. The van der Waals surface area contributed by atoms with Gasteiger partial charge in [-0.1, -0.05) is 232 Å². The number of likely N-dealkylation sites (N-methyl/N-ethyl adjacent to an activating group) is 1. The summed E-state index contributed by atoms with van der Waals surface area (Å²) in [4.78, 5) is 37.4. The summed E-state index contributed by atoms with van der Waals surface area (Å²) in [6, 6.07) is -0.836. The van der Waals surface area contributed by atoms with E-state index in [9.17, 15) is 19.0 Å². The summed E-state index contributed by atoms with van der Waals surface area (Å²) in [5.41, 5.74) is 0.